The van der Waals surface area contributed by atoms with Gasteiger partial charge < -0.3 is 14.5 Å². The first kappa shape index (κ1) is 17.1. The Hall–Kier alpha value is -2.30. The Labute approximate surface area is 137 Å². The van der Waals surface area contributed by atoms with Gasteiger partial charge in [0.15, 0.2) is 0 Å². The van der Waals surface area contributed by atoms with Gasteiger partial charge in [0.1, 0.15) is 5.60 Å². The summed E-state index contributed by atoms with van der Waals surface area (Å²) in [6.07, 6.45) is -0.368. The average Bonchev–Trinajstić information content (AvgIpc) is 2.67. The van der Waals surface area contributed by atoms with Gasteiger partial charge in [-0.05, 0) is 38.5 Å². The van der Waals surface area contributed by atoms with Crippen molar-refractivity contribution in [1.82, 2.24) is 9.80 Å². The number of hydrogen-bond donors (Lipinski definition) is 0. The minimum atomic E-state index is -0.537. The zero-order chi connectivity index (χ0) is 17.0. The van der Waals surface area contributed by atoms with Crippen LogP contribution in [0.5, 0.6) is 0 Å². The van der Waals surface area contributed by atoms with Crippen LogP contribution in [0.15, 0.2) is 42.5 Å². The first-order valence-electron chi connectivity index (χ1n) is 7.75. The second-order valence-corrected chi connectivity index (χ2v) is 6.74. The Morgan fingerprint density at radius 1 is 1.04 bits per heavy atom. The van der Waals surface area contributed by atoms with Gasteiger partial charge >= 0.3 is 6.09 Å². The molecule has 5 heteroatoms. The van der Waals surface area contributed by atoms with E-state index in [1.165, 1.54) is 0 Å². The standard InChI is InChI=1S/C18H24N2O3/c1-14-12-19(16(21)15-8-6-5-7-9-15)10-11-20(13-14)17(22)23-18(2,3)4/h5-9H,1,10-13H2,2-4H3. The lowest BCUT2D eigenvalue weighted by Crippen LogP contribution is -2.40. The zero-order valence-corrected chi connectivity index (χ0v) is 14.0. The third-order valence-electron chi connectivity index (χ3n) is 3.43. The summed E-state index contributed by atoms with van der Waals surface area (Å²) in [6, 6.07) is 9.14. The van der Waals surface area contributed by atoms with Crippen LogP contribution in [0.3, 0.4) is 0 Å². The maximum atomic E-state index is 12.6. The van der Waals surface area contributed by atoms with Gasteiger partial charge in [-0.15, -0.1) is 0 Å². The highest BCUT2D eigenvalue weighted by Crippen LogP contribution is 2.15. The first-order valence-corrected chi connectivity index (χ1v) is 7.75. The first-order chi connectivity index (χ1) is 10.8. The summed E-state index contributed by atoms with van der Waals surface area (Å²) >= 11 is 0. The van der Waals surface area contributed by atoms with Crippen LogP contribution < -0.4 is 0 Å². The molecule has 5 nitrogen and oxygen atoms in total. The number of carbonyl (C=O) groups excluding carboxylic acids is 2. The highest BCUT2D eigenvalue weighted by atomic mass is 16.6. The van der Waals surface area contributed by atoms with E-state index in [4.69, 9.17) is 4.74 Å². The summed E-state index contributed by atoms with van der Waals surface area (Å²) in [7, 11) is 0. The second kappa shape index (κ2) is 6.86. The third-order valence-corrected chi connectivity index (χ3v) is 3.43. The fourth-order valence-corrected chi connectivity index (χ4v) is 2.41. The van der Waals surface area contributed by atoms with Crippen molar-refractivity contribution in [2.45, 2.75) is 26.4 Å². The van der Waals surface area contributed by atoms with E-state index < -0.39 is 5.60 Å². The molecule has 1 aromatic carbocycles. The minimum absolute atomic E-state index is 0.0437. The van der Waals surface area contributed by atoms with Crippen molar-refractivity contribution in [2.75, 3.05) is 26.2 Å². The molecule has 1 fully saturated rings. The maximum Gasteiger partial charge on any atom is 0.410 e. The molecule has 1 saturated heterocycles. The summed E-state index contributed by atoms with van der Waals surface area (Å²) in [5, 5.41) is 0. The fourth-order valence-electron chi connectivity index (χ4n) is 2.41. The smallest absolute Gasteiger partial charge is 0.410 e. The van der Waals surface area contributed by atoms with E-state index in [0.29, 0.717) is 31.7 Å². The highest BCUT2D eigenvalue weighted by molar-refractivity contribution is 5.94. The molecule has 0 unspecified atom stereocenters. The molecule has 124 valence electrons. The van der Waals surface area contributed by atoms with Crippen molar-refractivity contribution in [3.05, 3.63) is 48.0 Å². The predicted octanol–water partition coefficient (Wildman–Crippen LogP) is 2.94. The predicted molar refractivity (Wildman–Crippen MR) is 89.3 cm³/mol. The fraction of sp³-hybridized carbons (Fsp3) is 0.444. The number of amides is 2. The zero-order valence-electron chi connectivity index (χ0n) is 14.0. The second-order valence-electron chi connectivity index (χ2n) is 6.74. The largest absolute Gasteiger partial charge is 0.444 e. The normalized spacial score (nSPS) is 16.0. The van der Waals surface area contributed by atoms with Crippen LogP contribution in [0.1, 0.15) is 31.1 Å². The molecule has 2 amide bonds. The molecule has 0 spiro atoms. The Kier molecular flexibility index (Phi) is 5.08. The Balaban J connectivity index is 2.05. The maximum absolute atomic E-state index is 12.6. The molecule has 1 heterocycles. The Bertz CT molecular complexity index is 590. The molecule has 23 heavy (non-hydrogen) atoms. The molecule has 0 aliphatic carbocycles. The molecule has 1 aromatic rings. The Morgan fingerprint density at radius 2 is 1.61 bits per heavy atom. The van der Waals surface area contributed by atoms with Gasteiger partial charge in [-0.25, -0.2) is 4.79 Å². The molecule has 0 atom stereocenters. The van der Waals surface area contributed by atoms with Crippen molar-refractivity contribution in [1.29, 1.82) is 0 Å². The summed E-state index contributed by atoms with van der Waals surface area (Å²) in [6.45, 7) is 11.3. The molecule has 1 aliphatic heterocycles. The number of carbonyl (C=O) groups is 2. The van der Waals surface area contributed by atoms with Crippen molar-refractivity contribution in [3.8, 4) is 0 Å². The van der Waals surface area contributed by atoms with Crippen LogP contribution in [0.4, 0.5) is 4.79 Å². The van der Waals surface area contributed by atoms with E-state index in [2.05, 4.69) is 6.58 Å². The van der Waals surface area contributed by atoms with Crippen LogP contribution in [-0.2, 0) is 4.74 Å². The Morgan fingerprint density at radius 3 is 2.22 bits per heavy atom. The van der Waals surface area contributed by atoms with Crippen LogP contribution in [0, 0.1) is 0 Å². The van der Waals surface area contributed by atoms with Gasteiger partial charge in [-0.3, -0.25) is 4.79 Å². The van der Waals surface area contributed by atoms with E-state index in [0.717, 1.165) is 5.57 Å². The van der Waals surface area contributed by atoms with E-state index >= 15 is 0 Å². The minimum Gasteiger partial charge on any atom is -0.444 e. The molecule has 0 N–H and O–H groups in total. The van der Waals surface area contributed by atoms with Gasteiger partial charge in [0.2, 0.25) is 0 Å². The average molecular weight is 316 g/mol. The number of rotatable bonds is 1. The third kappa shape index (κ3) is 4.84. The summed E-state index contributed by atoms with van der Waals surface area (Å²) < 4.78 is 5.40. The van der Waals surface area contributed by atoms with Crippen LogP contribution in [0.2, 0.25) is 0 Å². The number of hydrogen-bond acceptors (Lipinski definition) is 3. The molecule has 1 aliphatic rings. The lowest BCUT2D eigenvalue weighted by atomic mass is 10.2. The molecule has 2 rings (SSSR count). The number of nitrogens with zero attached hydrogens (tertiary/aromatic N) is 2. The number of benzene rings is 1. The summed E-state index contributed by atoms with van der Waals surface area (Å²) in [5.74, 6) is -0.0437. The number of ether oxygens (including phenoxy) is 1. The van der Waals surface area contributed by atoms with Crippen molar-refractivity contribution in [2.24, 2.45) is 0 Å². The van der Waals surface area contributed by atoms with E-state index in [-0.39, 0.29) is 12.0 Å². The van der Waals surface area contributed by atoms with Crippen molar-refractivity contribution in [3.63, 3.8) is 0 Å². The monoisotopic (exact) mass is 316 g/mol. The van der Waals surface area contributed by atoms with Gasteiger partial charge in [-0.1, -0.05) is 24.8 Å². The van der Waals surface area contributed by atoms with E-state index in [1.54, 1.807) is 21.9 Å². The van der Waals surface area contributed by atoms with E-state index in [1.807, 2.05) is 39.0 Å². The van der Waals surface area contributed by atoms with Crippen LogP contribution in [0.25, 0.3) is 0 Å². The molecule has 0 aromatic heterocycles. The van der Waals surface area contributed by atoms with Crippen LogP contribution >= 0.6 is 0 Å². The van der Waals surface area contributed by atoms with Gasteiger partial charge in [0.25, 0.3) is 5.91 Å². The summed E-state index contributed by atoms with van der Waals surface area (Å²) in [5.41, 5.74) is 0.924. The topological polar surface area (TPSA) is 49.9 Å². The summed E-state index contributed by atoms with van der Waals surface area (Å²) in [4.78, 5) is 28.1. The van der Waals surface area contributed by atoms with E-state index in [9.17, 15) is 9.59 Å². The molecule has 0 saturated carbocycles. The molecular weight excluding hydrogens is 292 g/mol. The van der Waals surface area contributed by atoms with Gasteiger partial charge in [-0.2, -0.15) is 0 Å². The highest BCUT2D eigenvalue weighted by Gasteiger charge is 2.27. The van der Waals surface area contributed by atoms with Crippen molar-refractivity contribution < 1.29 is 14.3 Å². The van der Waals surface area contributed by atoms with Crippen LogP contribution in [-0.4, -0.2) is 53.6 Å². The lowest BCUT2D eigenvalue weighted by molar-refractivity contribution is 0.0266. The van der Waals surface area contributed by atoms with Gasteiger partial charge in [0.05, 0.1) is 0 Å². The molecule has 0 bridgehead atoms. The quantitative estimate of drug-likeness (QED) is 0.749. The SMILES string of the molecule is C=C1CN(C(=O)OC(C)(C)C)CCN(C(=O)c2ccccc2)C1. The van der Waals surface area contributed by atoms with Crippen molar-refractivity contribution >= 4 is 12.0 Å². The molecular formula is C18H24N2O3. The van der Waals surface area contributed by atoms with Gasteiger partial charge in [0, 0.05) is 31.7 Å². The molecule has 0 radical (unpaired) electrons. The lowest BCUT2D eigenvalue weighted by Gasteiger charge is -2.26.